The van der Waals surface area contributed by atoms with Crippen LogP contribution in [-0.2, 0) is 4.79 Å². The van der Waals surface area contributed by atoms with Crippen molar-refractivity contribution in [2.24, 2.45) is 29.1 Å². The van der Waals surface area contributed by atoms with Crippen LogP contribution in [0.1, 0.15) is 58.8 Å². The second-order valence-corrected chi connectivity index (χ2v) is 6.84. The Morgan fingerprint density at radius 3 is 2.83 bits per heavy atom. The molecule has 2 saturated carbocycles. The number of hydrogen-bond acceptors (Lipinski definition) is 2. The number of aliphatic hydroxyl groups is 1. The van der Waals surface area contributed by atoms with Gasteiger partial charge in [0.2, 0.25) is 0 Å². The van der Waals surface area contributed by atoms with E-state index in [4.69, 9.17) is 0 Å². The highest BCUT2D eigenvalue weighted by atomic mass is 16.3. The molecule has 18 heavy (non-hydrogen) atoms. The lowest BCUT2D eigenvalue weighted by Crippen LogP contribution is -2.39. The van der Waals surface area contributed by atoms with Crippen molar-refractivity contribution in [2.75, 3.05) is 6.61 Å². The monoisotopic (exact) mass is 252 g/mol. The Labute approximate surface area is 111 Å². The van der Waals surface area contributed by atoms with Gasteiger partial charge >= 0.3 is 0 Å². The maximum atomic E-state index is 10.9. The van der Waals surface area contributed by atoms with Crippen LogP contribution >= 0.6 is 0 Å². The SMILES string of the molecule is C[C@H]1CCC[C@@]2(C)C1CC[C@@H]2C(CC=O)CCO. The average molecular weight is 252 g/mol. The van der Waals surface area contributed by atoms with Crippen LogP contribution in [0.5, 0.6) is 0 Å². The van der Waals surface area contributed by atoms with E-state index in [2.05, 4.69) is 13.8 Å². The van der Waals surface area contributed by atoms with Crippen LogP contribution < -0.4 is 0 Å². The first-order valence-electron chi connectivity index (χ1n) is 7.68. The zero-order valence-corrected chi connectivity index (χ0v) is 11.9. The summed E-state index contributed by atoms with van der Waals surface area (Å²) in [5, 5.41) is 9.24. The van der Waals surface area contributed by atoms with Crippen molar-refractivity contribution >= 4 is 6.29 Å². The molecule has 2 fully saturated rings. The standard InChI is InChI=1S/C16H28O2/c1-12-4-3-9-16(2)14(12)5-6-15(16)13(7-10-17)8-11-18/h10,12-15,18H,3-9,11H2,1-2H3/t12-,13?,14?,15+,16-/m0/s1. The number of fused-ring (bicyclic) bond motifs is 1. The largest absolute Gasteiger partial charge is 0.396 e. The smallest absolute Gasteiger partial charge is 0.120 e. The van der Waals surface area contributed by atoms with Gasteiger partial charge in [-0.05, 0) is 54.8 Å². The van der Waals surface area contributed by atoms with Crippen LogP contribution in [-0.4, -0.2) is 18.0 Å². The van der Waals surface area contributed by atoms with E-state index < -0.39 is 0 Å². The minimum atomic E-state index is 0.227. The first-order chi connectivity index (χ1) is 8.63. The first kappa shape index (κ1) is 14.0. The lowest BCUT2D eigenvalue weighted by Gasteiger charge is -2.46. The van der Waals surface area contributed by atoms with E-state index in [1.54, 1.807) is 0 Å². The van der Waals surface area contributed by atoms with Crippen molar-refractivity contribution in [2.45, 2.75) is 58.8 Å². The molecule has 0 saturated heterocycles. The van der Waals surface area contributed by atoms with E-state index in [-0.39, 0.29) is 6.61 Å². The molecule has 0 amide bonds. The van der Waals surface area contributed by atoms with Crippen molar-refractivity contribution in [1.82, 2.24) is 0 Å². The van der Waals surface area contributed by atoms with Gasteiger partial charge in [0.05, 0.1) is 0 Å². The predicted molar refractivity (Wildman–Crippen MR) is 73.2 cm³/mol. The van der Waals surface area contributed by atoms with Gasteiger partial charge in [-0.25, -0.2) is 0 Å². The van der Waals surface area contributed by atoms with Crippen molar-refractivity contribution in [3.8, 4) is 0 Å². The fourth-order valence-electron chi connectivity index (χ4n) is 5.15. The Balaban J connectivity index is 2.15. The van der Waals surface area contributed by atoms with Gasteiger partial charge in [-0.15, -0.1) is 0 Å². The second kappa shape index (κ2) is 5.73. The molecule has 2 nitrogen and oxygen atoms in total. The molecule has 0 aromatic rings. The van der Waals surface area contributed by atoms with E-state index in [0.29, 0.717) is 23.7 Å². The van der Waals surface area contributed by atoms with Crippen molar-refractivity contribution in [1.29, 1.82) is 0 Å². The number of aliphatic hydroxyl groups excluding tert-OH is 1. The van der Waals surface area contributed by atoms with E-state index in [9.17, 15) is 9.90 Å². The highest BCUT2D eigenvalue weighted by Crippen LogP contribution is 2.60. The number of aldehydes is 1. The molecule has 0 aromatic heterocycles. The minimum absolute atomic E-state index is 0.227. The summed E-state index contributed by atoms with van der Waals surface area (Å²) < 4.78 is 0. The minimum Gasteiger partial charge on any atom is -0.396 e. The third-order valence-corrected chi connectivity index (χ3v) is 6.01. The summed E-state index contributed by atoms with van der Waals surface area (Å²) in [7, 11) is 0. The quantitative estimate of drug-likeness (QED) is 0.761. The lowest BCUT2D eigenvalue weighted by molar-refractivity contribution is -0.109. The molecule has 0 aromatic carbocycles. The van der Waals surface area contributed by atoms with E-state index in [0.717, 1.165) is 24.5 Å². The maximum absolute atomic E-state index is 10.9. The molecule has 0 radical (unpaired) electrons. The second-order valence-electron chi connectivity index (χ2n) is 6.84. The number of carbonyl (C=O) groups excluding carboxylic acids is 1. The van der Waals surface area contributed by atoms with Gasteiger partial charge in [0.25, 0.3) is 0 Å². The summed E-state index contributed by atoms with van der Waals surface area (Å²) in [6.45, 7) is 5.09. The summed E-state index contributed by atoms with van der Waals surface area (Å²) in [6, 6.07) is 0. The van der Waals surface area contributed by atoms with Crippen LogP contribution in [0.2, 0.25) is 0 Å². The molecular weight excluding hydrogens is 224 g/mol. The molecule has 2 unspecified atom stereocenters. The van der Waals surface area contributed by atoms with Crippen LogP contribution in [0.25, 0.3) is 0 Å². The van der Waals surface area contributed by atoms with Crippen LogP contribution in [0, 0.1) is 29.1 Å². The van der Waals surface area contributed by atoms with E-state index in [1.165, 1.54) is 32.1 Å². The fourth-order valence-corrected chi connectivity index (χ4v) is 5.15. The number of rotatable bonds is 5. The summed E-state index contributed by atoms with van der Waals surface area (Å²) in [6.07, 6.45) is 9.16. The van der Waals surface area contributed by atoms with Gasteiger partial charge in [-0.1, -0.05) is 26.7 Å². The summed E-state index contributed by atoms with van der Waals surface area (Å²) >= 11 is 0. The highest BCUT2D eigenvalue weighted by Gasteiger charge is 2.51. The molecule has 2 heteroatoms. The van der Waals surface area contributed by atoms with Crippen molar-refractivity contribution < 1.29 is 9.90 Å². The Bertz CT molecular complexity index is 289. The molecule has 0 spiro atoms. The molecule has 0 bridgehead atoms. The number of carbonyl (C=O) groups is 1. The number of hydrogen-bond donors (Lipinski definition) is 1. The van der Waals surface area contributed by atoms with Crippen molar-refractivity contribution in [3.05, 3.63) is 0 Å². The maximum Gasteiger partial charge on any atom is 0.120 e. The summed E-state index contributed by atoms with van der Waals surface area (Å²) in [5.74, 6) is 2.76. The summed E-state index contributed by atoms with van der Waals surface area (Å²) in [4.78, 5) is 10.9. The molecule has 0 heterocycles. The molecule has 5 atom stereocenters. The Morgan fingerprint density at radius 2 is 2.17 bits per heavy atom. The fraction of sp³-hybridized carbons (Fsp3) is 0.938. The zero-order chi connectivity index (χ0) is 13.2. The lowest BCUT2D eigenvalue weighted by atomic mass is 9.59. The highest BCUT2D eigenvalue weighted by molar-refractivity contribution is 5.49. The molecule has 2 aliphatic carbocycles. The van der Waals surface area contributed by atoms with Gasteiger partial charge in [0.15, 0.2) is 0 Å². The Hall–Kier alpha value is -0.370. The van der Waals surface area contributed by atoms with Gasteiger partial charge < -0.3 is 9.90 Å². The van der Waals surface area contributed by atoms with Crippen LogP contribution in [0.3, 0.4) is 0 Å². The normalized spacial score (nSPS) is 41.4. The van der Waals surface area contributed by atoms with Crippen molar-refractivity contribution in [3.63, 3.8) is 0 Å². The van der Waals surface area contributed by atoms with Gasteiger partial charge in [-0.2, -0.15) is 0 Å². The van der Waals surface area contributed by atoms with Crippen LogP contribution in [0.15, 0.2) is 0 Å². The molecule has 104 valence electrons. The van der Waals surface area contributed by atoms with E-state index >= 15 is 0 Å². The zero-order valence-electron chi connectivity index (χ0n) is 11.9. The topological polar surface area (TPSA) is 37.3 Å². The Morgan fingerprint density at radius 1 is 1.39 bits per heavy atom. The third-order valence-electron chi connectivity index (χ3n) is 6.01. The predicted octanol–water partition coefficient (Wildman–Crippen LogP) is 3.43. The van der Waals surface area contributed by atoms with Gasteiger partial charge in [-0.3, -0.25) is 0 Å². The molecule has 2 rings (SSSR count). The molecule has 0 aliphatic heterocycles. The molecule has 2 aliphatic rings. The third kappa shape index (κ3) is 2.36. The van der Waals surface area contributed by atoms with Crippen LogP contribution in [0.4, 0.5) is 0 Å². The first-order valence-corrected chi connectivity index (χ1v) is 7.68. The molecular formula is C16H28O2. The average Bonchev–Trinajstić information content (AvgIpc) is 2.67. The van der Waals surface area contributed by atoms with E-state index in [1.807, 2.05) is 0 Å². The van der Waals surface area contributed by atoms with Gasteiger partial charge in [0.1, 0.15) is 6.29 Å². The molecule has 1 N–H and O–H groups in total. The Kier molecular flexibility index (Phi) is 4.47. The summed E-state index contributed by atoms with van der Waals surface area (Å²) in [5.41, 5.74) is 0.431. The van der Waals surface area contributed by atoms with Gasteiger partial charge in [0, 0.05) is 13.0 Å².